The molecule has 0 aromatic carbocycles. The molecule has 1 aromatic heterocycles. The lowest BCUT2D eigenvalue weighted by Crippen LogP contribution is -2.17. The van der Waals surface area contributed by atoms with Crippen molar-refractivity contribution in [1.82, 2.24) is 9.97 Å². The Bertz CT molecular complexity index is 341. The first-order valence-corrected chi connectivity index (χ1v) is 3.84. The van der Waals surface area contributed by atoms with Gasteiger partial charge in [-0.3, -0.25) is 0 Å². The first-order valence-electron chi connectivity index (χ1n) is 3.84. The minimum absolute atomic E-state index is 0.0121. The molecule has 0 atom stereocenters. The van der Waals surface area contributed by atoms with Gasteiger partial charge in [-0.05, 0) is 0 Å². The normalized spacial score (nSPS) is 11.8. The molecule has 0 saturated carbocycles. The third-order valence-electron chi connectivity index (χ3n) is 1.34. The molecule has 0 amide bonds. The van der Waals surface area contributed by atoms with Crippen molar-refractivity contribution in [1.29, 1.82) is 0 Å². The van der Waals surface area contributed by atoms with Gasteiger partial charge in [0.2, 0.25) is 5.84 Å². The number of nitrogens with two attached hydrogens (primary N) is 1. The predicted octanol–water partition coefficient (Wildman–Crippen LogP) is 0.215. The van der Waals surface area contributed by atoms with Crippen LogP contribution < -0.4 is 10.5 Å². The highest BCUT2D eigenvalue weighted by atomic mass is 19.3. The van der Waals surface area contributed by atoms with Crippen molar-refractivity contribution in [2.75, 3.05) is 6.61 Å². The van der Waals surface area contributed by atoms with Gasteiger partial charge in [-0.25, -0.2) is 18.7 Å². The predicted molar refractivity (Wildman–Crippen MR) is 46.0 cm³/mol. The van der Waals surface area contributed by atoms with Gasteiger partial charge >= 0.3 is 0 Å². The molecule has 0 bridgehead atoms. The van der Waals surface area contributed by atoms with E-state index in [0.717, 1.165) is 12.4 Å². The molecule has 1 aromatic rings. The van der Waals surface area contributed by atoms with Crippen molar-refractivity contribution in [2.24, 2.45) is 10.9 Å². The molecule has 0 saturated heterocycles. The lowest BCUT2D eigenvalue weighted by Gasteiger charge is -2.04. The standard InChI is InChI=1S/C7H8F2N4O2/c8-5(9)3-15-4-1-11-7(12-2-4)6(10)13-14/h1-2,5,14H,3H2,(H2,10,13). The molecule has 82 valence electrons. The van der Waals surface area contributed by atoms with Crippen molar-refractivity contribution >= 4 is 5.84 Å². The maximum Gasteiger partial charge on any atom is 0.272 e. The lowest BCUT2D eigenvalue weighted by atomic mass is 10.5. The molecule has 1 heterocycles. The highest BCUT2D eigenvalue weighted by molar-refractivity contribution is 5.93. The van der Waals surface area contributed by atoms with E-state index in [9.17, 15) is 8.78 Å². The van der Waals surface area contributed by atoms with Crippen LogP contribution in [0.2, 0.25) is 0 Å². The van der Waals surface area contributed by atoms with Gasteiger partial charge in [0.25, 0.3) is 6.43 Å². The van der Waals surface area contributed by atoms with E-state index in [-0.39, 0.29) is 17.4 Å². The van der Waals surface area contributed by atoms with Crippen LogP contribution in [0.15, 0.2) is 17.5 Å². The number of amidine groups is 1. The fourth-order valence-corrected chi connectivity index (χ4v) is 0.727. The zero-order chi connectivity index (χ0) is 11.3. The van der Waals surface area contributed by atoms with E-state index in [1.807, 2.05) is 0 Å². The summed E-state index contributed by atoms with van der Waals surface area (Å²) in [6.45, 7) is -0.730. The third-order valence-corrected chi connectivity index (χ3v) is 1.34. The number of hydrogen-bond acceptors (Lipinski definition) is 5. The Morgan fingerprint density at radius 2 is 2.13 bits per heavy atom. The molecule has 0 aliphatic carbocycles. The Hall–Kier alpha value is -1.99. The molecular formula is C7H8F2N4O2. The monoisotopic (exact) mass is 218 g/mol. The maximum absolute atomic E-state index is 11.7. The fraction of sp³-hybridized carbons (Fsp3) is 0.286. The summed E-state index contributed by atoms with van der Waals surface area (Å²) in [5.74, 6) is -0.193. The van der Waals surface area contributed by atoms with E-state index in [4.69, 9.17) is 10.9 Å². The first kappa shape index (κ1) is 11.1. The Kier molecular flexibility index (Phi) is 3.72. The van der Waals surface area contributed by atoms with Crippen molar-refractivity contribution in [2.45, 2.75) is 6.43 Å². The van der Waals surface area contributed by atoms with Crippen LogP contribution in [0.3, 0.4) is 0 Å². The minimum Gasteiger partial charge on any atom is -0.484 e. The van der Waals surface area contributed by atoms with E-state index in [0.29, 0.717) is 0 Å². The van der Waals surface area contributed by atoms with E-state index in [1.54, 1.807) is 0 Å². The number of nitrogens with zero attached hydrogens (tertiary/aromatic N) is 3. The number of halogens is 2. The Labute approximate surface area is 83.4 Å². The van der Waals surface area contributed by atoms with Crippen LogP contribution >= 0.6 is 0 Å². The molecule has 0 aliphatic heterocycles. The average molecular weight is 218 g/mol. The van der Waals surface area contributed by atoms with Crippen LogP contribution in [0.4, 0.5) is 8.78 Å². The number of oxime groups is 1. The van der Waals surface area contributed by atoms with Crippen LogP contribution in [0.5, 0.6) is 5.75 Å². The van der Waals surface area contributed by atoms with Gasteiger partial charge in [0, 0.05) is 0 Å². The maximum atomic E-state index is 11.7. The van der Waals surface area contributed by atoms with Crippen LogP contribution in [0, 0.1) is 0 Å². The Morgan fingerprint density at radius 1 is 1.53 bits per heavy atom. The highest BCUT2D eigenvalue weighted by Gasteiger charge is 2.06. The van der Waals surface area contributed by atoms with Gasteiger partial charge in [0.1, 0.15) is 6.61 Å². The number of alkyl halides is 2. The molecule has 1 rings (SSSR count). The van der Waals surface area contributed by atoms with Gasteiger partial charge in [0.15, 0.2) is 11.6 Å². The van der Waals surface area contributed by atoms with Crippen molar-refractivity contribution < 1.29 is 18.7 Å². The van der Waals surface area contributed by atoms with Gasteiger partial charge in [-0.2, -0.15) is 0 Å². The average Bonchev–Trinajstić information content (AvgIpc) is 2.26. The zero-order valence-corrected chi connectivity index (χ0v) is 7.47. The Balaban J connectivity index is 2.64. The summed E-state index contributed by atoms with van der Waals surface area (Å²) in [7, 11) is 0. The van der Waals surface area contributed by atoms with Crippen molar-refractivity contribution in [3.8, 4) is 5.75 Å². The number of hydrogen-bond donors (Lipinski definition) is 2. The minimum atomic E-state index is -2.56. The summed E-state index contributed by atoms with van der Waals surface area (Å²) in [5, 5.41) is 11.0. The Morgan fingerprint density at radius 3 is 2.60 bits per heavy atom. The van der Waals surface area contributed by atoms with Crippen molar-refractivity contribution in [3.63, 3.8) is 0 Å². The van der Waals surface area contributed by atoms with E-state index in [1.165, 1.54) is 0 Å². The van der Waals surface area contributed by atoms with Crippen molar-refractivity contribution in [3.05, 3.63) is 18.2 Å². The van der Waals surface area contributed by atoms with E-state index >= 15 is 0 Å². The lowest BCUT2D eigenvalue weighted by molar-refractivity contribution is 0.0815. The molecule has 0 radical (unpaired) electrons. The summed E-state index contributed by atoms with van der Waals surface area (Å²) in [6.07, 6.45) is -0.250. The van der Waals surface area contributed by atoms with E-state index in [2.05, 4.69) is 19.9 Å². The van der Waals surface area contributed by atoms with Crippen LogP contribution in [-0.2, 0) is 0 Å². The summed E-state index contributed by atoms with van der Waals surface area (Å²) >= 11 is 0. The van der Waals surface area contributed by atoms with Gasteiger partial charge in [0.05, 0.1) is 12.4 Å². The fourth-order valence-electron chi connectivity index (χ4n) is 0.727. The topological polar surface area (TPSA) is 93.6 Å². The molecular weight excluding hydrogens is 210 g/mol. The number of ether oxygens (including phenoxy) is 1. The second-order valence-corrected chi connectivity index (χ2v) is 2.43. The molecule has 0 unspecified atom stereocenters. The SMILES string of the molecule is NC(=NO)c1ncc(OCC(F)F)cn1. The molecule has 6 nitrogen and oxygen atoms in total. The highest BCUT2D eigenvalue weighted by Crippen LogP contribution is 2.07. The molecule has 15 heavy (non-hydrogen) atoms. The molecule has 8 heteroatoms. The molecule has 0 fully saturated rings. The number of rotatable bonds is 4. The number of aromatic nitrogens is 2. The quantitative estimate of drug-likeness (QED) is 0.326. The molecule has 3 N–H and O–H groups in total. The third kappa shape index (κ3) is 3.33. The largest absolute Gasteiger partial charge is 0.484 e. The second-order valence-electron chi connectivity index (χ2n) is 2.43. The summed E-state index contributed by atoms with van der Waals surface area (Å²) in [6, 6.07) is 0. The zero-order valence-electron chi connectivity index (χ0n) is 7.47. The summed E-state index contributed by atoms with van der Waals surface area (Å²) < 4.78 is 28.1. The van der Waals surface area contributed by atoms with Crippen LogP contribution in [-0.4, -0.2) is 34.0 Å². The summed E-state index contributed by atoms with van der Waals surface area (Å²) in [5.41, 5.74) is 5.18. The smallest absolute Gasteiger partial charge is 0.272 e. The van der Waals surface area contributed by atoms with Gasteiger partial charge in [-0.1, -0.05) is 5.16 Å². The summed E-state index contributed by atoms with van der Waals surface area (Å²) in [4.78, 5) is 7.26. The second kappa shape index (κ2) is 5.03. The van der Waals surface area contributed by atoms with Gasteiger partial charge in [-0.15, -0.1) is 0 Å². The van der Waals surface area contributed by atoms with Gasteiger partial charge < -0.3 is 15.7 Å². The molecule has 0 spiro atoms. The first-order chi connectivity index (χ1) is 7.13. The van der Waals surface area contributed by atoms with E-state index < -0.39 is 13.0 Å². The van der Waals surface area contributed by atoms with Crippen LogP contribution in [0.1, 0.15) is 5.82 Å². The van der Waals surface area contributed by atoms with Crippen LogP contribution in [0.25, 0.3) is 0 Å². The molecule has 0 aliphatic rings.